The van der Waals surface area contributed by atoms with Crippen molar-refractivity contribution in [1.82, 2.24) is 0 Å². The minimum absolute atomic E-state index is 0.0772. The van der Waals surface area contributed by atoms with E-state index in [-0.39, 0.29) is 5.97 Å². The molecule has 0 aliphatic carbocycles. The second-order valence-electron chi connectivity index (χ2n) is 7.10. The average Bonchev–Trinajstić information content (AvgIpc) is 2.59. The van der Waals surface area contributed by atoms with Crippen LogP contribution >= 0.6 is 11.6 Å². The fraction of sp³-hybridized carbons (Fsp3) is 0.952. The molecule has 0 N–H and O–H groups in total. The third-order valence-electron chi connectivity index (χ3n) is 4.75. The fourth-order valence-electron chi connectivity index (χ4n) is 3.09. The van der Waals surface area contributed by atoms with Crippen molar-refractivity contribution in [2.45, 2.75) is 121 Å². The van der Waals surface area contributed by atoms with Crippen LogP contribution in [0.5, 0.6) is 0 Å². The summed E-state index contributed by atoms with van der Waals surface area (Å²) in [6.45, 7) is 2.26. The number of halogens is 1. The number of methoxy groups -OCH3 is 1. The Hall–Kier alpha value is -0.240. The lowest BCUT2D eigenvalue weighted by atomic mass is 10.0. The molecule has 0 saturated heterocycles. The topological polar surface area (TPSA) is 26.3 Å². The van der Waals surface area contributed by atoms with Gasteiger partial charge >= 0.3 is 5.97 Å². The maximum absolute atomic E-state index is 11.0. The van der Waals surface area contributed by atoms with Crippen LogP contribution in [-0.4, -0.2) is 18.5 Å². The zero-order chi connectivity index (χ0) is 17.9. The third-order valence-corrected chi connectivity index (χ3v) is 5.18. The van der Waals surface area contributed by atoms with E-state index >= 15 is 0 Å². The number of ether oxygens (including phenoxy) is 1. The Bertz CT molecular complexity index is 269. The first kappa shape index (κ1) is 23.8. The number of alkyl halides is 1. The van der Waals surface area contributed by atoms with Crippen molar-refractivity contribution in [2.75, 3.05) is 7.11 Å². The standard InChI is InChI=1S/C21H41ClO2/c1-3-4-5-6-11-14-17-20(22)18-15-12-9-7-8-10-13-16-19-21(23)24-2/h20H,3-19H2,1-2H3. The van der Waals surface area contributed by atoms with Gasteiger partial charge in [0.1, 0.15) is 0 Å². The van der Waals surface area contributed by atoms with Crippen LogP contribution in [0.3, 0.4) is 0 Å². The molecule has 0 bridgehead atoms. The molecule has 2 nitrogen and oxygen atoms in total. The molecule has 1 atom stereocenters. The van der Waals surface area contributed by atoms with E-state index in [1.807, 2.05) is 0 Å². The molecule has 0 aromatic carbocycles. The number of carbonyl (C=O) groups excluding carboxylic acids is 1. The van der Waals surface area contributed by atoms with Crippen LogP contribution in [0.15, 0.2) is 0 Å². The normalized spacial score (nSPS) is 12.3. The number of esters is 1. The molecule has 0 spiro atoms. The summed E-state index contributed by atoms with van der Waals surface area (Å²) in [4.78, 5) is 11.0. The summed E-state index contributed by atoms with van der Waals surface area (Å²) in [7, 11) is 1.46. The van der Waals surface area contributed by atoms with Crippen LogP contribution in [0.2, 0.25) is 0 Å². The predicted molar refractivity (Wildman–Crippen MR) is 106 cm³/mol. The van der Waals surface area contributed by atoms with Gasteiger partial charge in [-0.15, -0.1) is 11.6 Å². The molecule has 0 heterocycles. The summed E-state index contributed by atoms with van der Waals surface area (Å²) in [5.41, 5.74) is 0. The van der Waals surface area contributed by atoms with Gasteiger partial charge in [0.05, 0.1) is 7.11 Å². The smallest absolute Gasteiger partial charge is 0.305 e. The van der Waals surface area contributed by atoms with Gasteiger partial charge in [-0.05, 0) is 19.3 Å². The number of rotatable bonds is 18. The molecule has 3 heteroatoms. The zero-order valence-electron chi connectivity index (χ0n) is 16.3. The lowest BCUT2D eigenvalue weighted by Crippen LogP contribution is -1.99. The Morgan fingerprint density at radius 2 is 1.17 bits per heavy atom. The Balaban J connectivity index is 3.16. The monoisotopic (exact) mass is 360 g/mol. The van der Waals surface area contributed by atoms with Gasteiger partial charge in [-0.1, -0.05) is 90.4 Å². The second kappa shape index (κ2) is 19.1. The minimum Gasteiger partial charge on any atom is -0.469 e. The molecular weight excluding hydrogens is 320 g/mol. The van der Waals surface area contributed by atoms with Crippen molar-refractivity contribution in [1.29, 1.82) is 0 Å². The molecule has 0 aromatic heterocycles. The molecular formula is C21H41ClO2. The second-order valence-corrected chi connectivity index (χ2v) is 7.71. The minimum atomic E-state index is -0.0772. The molecule has 1 unspecified atom stereocenters. The largest absolute Gasteiger partial charge is 0.469 e. The van der Waals surface area contributed by atoms with Crippen molar-refractivity contribution in [3.63, 3.8) is 0 Å². The van der Waals surface area contributed by atoms with Crippen LogP contribution in [0, 0.1) is 0 Å². The summed E-state index contributed by atoms with van der Waals surface area (Å²) >= 11 is 6.42. The Kier molecular flexibility index (Phi) is 18.9. The van der Waals surface area contributed by atoms with Gasteiger partial charge in [-0.25, -0.2) is 0 Å². The highest BCUT2D eigenvalue weighted by molar-refractivity contribution is 6.20. The first-order chi connectivity index (χ1) is 11.7. The lowest BCUT2D eigenvalue weighted by Gasteiger charge is -2.09. The lowest BCUT2D eigenvalue weighted by molar-refractivity contribution is -0.140. The van der Waals surface area contributed by atoms with E-state index in [2.05, 4.69) is 11.7 Å². The summed E-state index contributed by atoms with van der Waals surface area (Å²) in [6.07, 6.45) is 21.0. The predicted octanol–water partition coefficient (Wildman–Crippen LogP) is 7.42. The highest BCUT2D eigenvalue weighted by Crippen LogP contribution is 2.18. The fourth-order valence-corrected chi connectivity index (χ4v) is 3.40. The molecule has 0 aromatic rings. The van der Waals surface area contributed by atoms with Crippen molar-refractivity contribution in [3.05, 3.63) is 0 Å². The highest BCUT2D eigenvalue weighted by atomic mass is 35.5. The molecule has 0 saturated carbocycles. The summed E-state index contributed by atoms with van der Waals surface area (Å²) < 4.78 is 4.64. The third kappa shape index (κ3) is 18.1. The molecule has 0 fully saturated rings. The van der Waals surface area contributed by atoms with E-state index < -0.39 is 0 Å². The van der Waals surface area contributed by atoms with Crippen molar-refractivity contribution in [2.24, 2.45) is 0 Å². The molecule has 0 rings (SSSR count). The molecule has 0 amide bonds. The van der Waals surface area contributed by atoms with Crippen LogP contribution in [0.4, 0.5) is 0 Å². The summed E-state index contributed by atoms with van der Waals surface area (Å²) in [5, 5.41) is 0.398. The van der Waals surface area contributed by atoms with Gasteiger partial charge in [0, 0.05) is 11.8 Å². The van der Waals surface area contributed by atoms with E-state index in [9.17, 15) is 4.79 Å². The van der Waals surface area contributed by atoms with E-state index in [0.29, 0.717) is 11.8 Å². The van der Waals surface area contributed by atoms with Crippen LogP contribution in [0.1, 0.15) is 116 Å². The maximum atomic E-state index is 11.0. The number of unbranched alkanes of at least 4 members (excludes halogenated alkanes) is 12. The van der Waals surface area contributed by atoms with Crippen molar-refractivity contribution >= 4 is 17.6 Å². The van der Waals surface area contributed by atoms with Gasteiger partial charge in [0.15, 0.2) is 0 Å². The number of hydrogen-bond donors (Lipinski definition) is 0. The zero-order valence-corrected chi connectivity index (χ0v) is 17.0. The first-order valence-electron chi connectivity index (χ1n) is 10.4. The van der Waals surface area contributed by atoms with Crippen LogP contribution in [0.25, 0.3) is 0 Å². The SMILES string of the molecule is CCCCCCCCC(Cl)CCCCCCCCCCC(=O)OC. The van der Waals surface area contributed by atoms with E-state index in [4.69, 9.17) is 11.6 Å². The van der Waals surface area contributed by atoms with Gasteiger partial charge in [-0.2, -0.15) is 0 Å². The molecule has 0 aliphatic rings. The van der Waals surface area contributed by atoms with Gasteiger partial charge in [0.25, 0.3) is 0 Å². The van der Waals surface area contributed by atoms with Crippen molar-refractivity contribution in [3.8, 4) is 0 Å². The maximum Gasteiger partial charge on any atom is 0.305 e. The van der Waals surface area contributed by atoms with Crippen LogP contribution < -0.4 is 0 Å². The Labute approximate surface area is 156 Å². The van der Waals surface area contributed by atoms with E-state index in [1.54, 1.807) is 0 Å². The Morgan fingerprint density at radius 1 is 0.750 bits per heavy atom. The number of carbonyl (C=O) groups is 1. The van der Waals surface area contributed by atoms with Gasteiger partial charge in [-0.3, -0.25) is 4.79 Å². The highest BCUT2D eigenvalue weighted by Gasteiger charge is 2.04. The summed E-state index contributed by atoms with van der Waals surface area (Å²) in [6, 6.07) is 0. The Morgan fingerprint density at radius 3 is 1.62 bits per heavy atom. The summed E-state index contributed by atoms with van der Waals surface area (Å²) in [5.74, 6) is -0.0772. The van der Waals surface area contributed by atoms with Crippen LogP contribution in [-0.2, 0) is 9.53 Å². The molecule has 0 radical (unpaired) electrons. The number of hydrogen-bond acceptors (Lipinski definition) is 2. The quantitative estimate of drug-likeness (QED) is 0.144. The molecule has 24 heavy (non-hydrogen) atoms. The van der Waals surface area contributed by atoms with E-state index in [0.717, 1.165) is 12.8 Å². The molecule has 144 valence electrons. The van der Waals surface area contributed by atoms with Gasteiger partial charge in [0.2, 0.25) is 0 Å². The first-order valence-corrected chi connectivity index (χ1v) is 10.8. The van der Waals surface area contributed by atoms with Gasteiger partial charge < -0.3 is 4.74 Å². The van der Waals surface area contributed by atoms with E-state index in [1.165, 1.54) is 97.0 Å². The van der Waals surface area contributed by atoms with Crippen molar-refractivity contribution < 1.29 is 9.53 Å². The molecule has 0 aliphatic heterocycles. The average molecular weight is 361 g/mol.